The number of rotatable bonds is 4. The minimum Gasteiger partial charge on any atom is -0.381 e. The molecule has 0 spiro atoms. The zero-order valence-electron chi connectivity index (χ0n) is 13.6. The molecular weight excluding hydrogens is 280 g/mol. The first-order valence-corrected chi connectivity index (χ1v) is 9.21. The fourth-order valence-corrected chi connectivity index (χ4v) is 4.82. The van der Waals surface area contributed by atoms with Crippen molar-refractivity contribution in [2.45, 2.75) is 64.8 Å². The highest BCUT2D eigenvalue weighted by Gasteiger charge is 2.35. The third-order valence-corrected chi connectivity index (χ3v) is 5.99. The van der Waals surface area contributed by atoms with E-state index < -0.39 is 0 Å². The van der Waals surface area contributed by atoms with E-state index in [0.29, 0.717) is 17.4 Å². The van der Waals surface area contributed by atoms with Gasteiger partial charge in [-0.15, -0.1) is 11.3 Å². The van der Waals surface area contributed by atoms with Gasteiger partial charge in [-0.2, -0.15) is 0 Å². The van der Waals surface area contributed by atoms with E-state index in [-0.39, 0.29) is 0 Å². The Morgan fingerprint density at radius 1 is 1.43 bits per heavy atom. The van der Waals surface area contributed by atoms with Crippen LogP contribution in [0.15, 0.2) is 0 Å². The first-order valence-electron chi connectivity index (χ1n) is 8.39. The summed E-state index contributed by atoms with van der Waals surface area (Å²) in [5.41, 5.74) is 1.71. The van der Waals surface area contributed by atoms with E-state index in [1.165, 1.54) is 41.3 Å². The van der Waals surface area contributed by atoms with E-state index in [4.69, 9.17) is 9.72 Å². The van der Waals surface area contributed by atoms with E-state index in [2.05, 4.69) is 26.1 Å². The molecule has 1 aromatic heterocycles. The van der Waals surface area contributed by atoms with Gasteiger partial charge in [-0.1, -0.05) is 20.8 Å². The molecule has 1 aliphatic heterocycles. The van der Waals surface area contributed by atoms with Crippen molar-refractivity contribution in [2.24, 2.45) is 5.41 Å². The van der Waals surface area contributed by atoms with Gasteiger partial charge < -0.3 is 10.1 Å². The van der Waals surface area contributed by atoms with Gasteiger partial charge >= 0.3 is 0 Å². The Labute approximate surface area is 132 Å². The molecule has 21 heavy (non-hydrogen) atoms. The molecule has 2 atom stereocenters. The molecule has 1 fully saturated rings. The lowest BCUT2D eigenvalue weighted by Gasteiger charge is -2.34. The zero-order valence-corrected chi connectivity index (χ0v) is 14.4. The summed E-state index contributed by atoms with van der Waals surface area (Å²) < 4.78 is 5.65. The molecule has 0 bridgehead atoms. The molecule has 0 saturated carbocycles. The molecule has 4 heteroatoms. The number of aromatic nitrogens is 1. The van der Waals surface area contributed by atoms with E-state index in [1.807, 2.05) is 11.3 Å². The Morgan fingerprint density at radius 2 is 2.29 bits per heavy atom. The average Bonchev–Trinajstić information content (AvgIpc) is 2.88. The Morgan fingerprint density at radius 3 is 3.00 bits per heavy atom. The van der Waals surface area contributed by atoms with Crippen molar-refractivity contribution in [3.63, 3.8) is 0 Å². The third-order valence-electron chi connectivity index (χ3n) is 4.61. The number of nitrogens with zero attached hydrogens (tertiary/aromatic N) is 1. The van der Waals surface area contributed by atoms with Crippen LogP contribution in [0.4, 0.5) is 0 Å². The van der Waals surface area contributed by atoms with Crippen molar-refractivity contribution in [1.82, 2.24) is 10.3 Å². The molecule has 2 aliphatic rings. The number of hydrogen-bond donors (Lipinski definition) is 1. The minimum absolute atomic E-state index is 0.354. The molecule has 0 aromatic carbocycles. The Kier molecular flexibility index (Phi) is 4.67. The summed E-state index contributed by atoms with van der Waals surface area (Å²) in [5, 5.41) is 5.06. The molecule has 1 N–H and O–H groups in total. The maximum atomic E-state index is 5.65. The van der Waals surface area contributed by atoms with Gasteiger partial charge in [-0.25, -0.2) is 4.98 Å². The van der Waals surface area contributed by atoms with Crippen molar-refractivity contribution < 1.29 is 4.74 Å². The molecule has 118 valence electrons. The van der Waals surface area contributed by atoms with Crippen molar-refractivity contribution >= 4 is 11.3 Å². The summed E-state index contributed by atoms with van der Waals surface area (Å²) in [6.07, 6.45) is 5.95. The largest absolute Gasteiger partial charge is 0.381 e. The van der Waals surface area contributed by atoms with Crippen LogP contribution in [0.25, 0.3) is 0 Å². The van der Waals surface area contributed by atoms with Crippen LogP contribution in [-0.4, -0.2) is 24.7 Å². The number of ether oxygens (including phenoxy) is 1. The number of fused-ring (bicyclic) bond motifs is 1. The highest BCUT2D eigenvalue weighted by Crippen LogP contribution is 2.44. The summed E-state index contributed by atoms with van der Waals surface area (Å²) in [5.74, 6) is 0.532. The summed E-state index contributed by atoms with van der Waals surface area (Å²) >= 11 is 1.95. The molecule has 3 nitrogen and oxygen atoms in total. The van der Waals surface area contributed by atoms with Crippen molar-refractivity contribution in [1.29, 1.82) is 0 Å². The monoisotopic (exact) mass is 308 g/mol. The van der Waals surface area contributed by atoms with Gasteiger partial charge in [0, 0.05) is 23.4 Å². The molecule has 0 amide bonds. The van der Waals surface area contributed by atoms with Crippen LogP contribution in [-0.2, 0) is 11.2 Å². The van der Waals surface area contributed by atoms with Crippen molar-refractivity contribution in [3.05, 3.63) is 15.6 Å². The van der Waals surface area contributed by atoms with E-state index in [0.717, 1.165) is 26.2 Å². The first-order chi connectivity index (χ1) is 10.1. The van der Waals surface area contributed by atoms with Gasteiger partial charge in [0.2, 0.25) is 0 Å². The Balaban J connectivity index is 1.83. The van der Waals surface area contributed by atoms with Crippen molar-refractivity contribution in [2.75, 3.05) is 19.8 Å². The van der Waals surface area contributed by atoms with Gasteiger partial charge in [-0.05, 0) is 44.1 Å². The fraction of sp³-hybridized carbons (Fsp3) is 0.824. The predicted molar refractivity (Wildman–Crippen MR) is 88.0 cm³/mol. The lowest BCUT2D eigenvalue weighted by atomic mass is 9.76. The molecule has 2 unspecified atom stereocenters. The predicted octanol–water partition coefficient (Wildman–Crippen LogP) is 4.05. The third kappa shape index (κ3) is 3.49. The van der Waals surface area contributed by atoms with E-state index in [9.17, 15) is 0 Å². The van der Waals surface area contributed by atoms with Crippen LogP contribution >= 0.6 is 11.3 Å². The average molecular weight is 308 g/mol. The second kappa shape index (κ2) is 6.35. The SMILES string of the molecule is CCCNC1CC(C)(C)Cc2nc(C3CCCOC3)sc21. The standard InChI is InChI=1S/C17H28N2OS/c1-4-7-18-13-9-17(2,3)10-14-15(13)21-16(19-14)12-6-5-8-20-11-12/h12-13,18H,4-11H2,1-3H3. The molecular formula is C17H28N2OS. The maximum Gasteiger partial charge on any atom is 0.0985 e. The number of nitrogens with one attached hydrogen (secondary N) is 1. The smallest absolute Gasteiger partial charge is 0.0985 e. The minimum atomic E-state index is 0.354. The van der Waals surface area contributed by atoms with Gasteiger partial charge in [0.1, 0.15) is 0 Å². The van der Waals surface area contributed by atoms with Crippen LogP contribution in [0.5, 0.6) is 0 Å². The van der Waals surface area contributed by atoms with Crippen LogP contribution in [0.1, 0.15) is 74.0 Å². The van der Waals surface area contributed by atoms with Gasteiger partial charge in [0.05, 0.1) is 17.3 Å². The Bertz CT molecular complexity index is 477. The highest BCUT2D eigenvalue weighted by atomic mass is 32.1. The summed E-state index contributed by atoms with van der Waals surface area (Å²) in [4.78, 5) is 6.53. The summed E-state index contributed by atoms with van der Waals surface area (Å²) in [6.45, 7) is 9.87. The molecule has 0 radical (unpaired) electrons. The van der Waals surface area contributed by atoms with Gasteiger partial charge in [-0.3, -0.25) is 0 Å². The molecule has 1 saturated heterocycles. The quantitative estimate of drug-likeness (QED) is 0.911. The van der Waals surface area contributed by atoms with Crippen molar-refractivity contribution in [3.8, 4) is 0 Å². The van der Waals surface area contributed by atoms with Gasteiger partial charge in [0.25, 0.3) is 0 Å². The van der Waals surface area contributed by atoms with Crippen LogP contribution in [0.3, 0.4) is 0 Å². The van der Waals surface area contributed by atoms with E-state index in [1.54, 1.807) is 0 Å². The lowest BCUT2D eigenvalue weighted by molar-refractivity contribution is 0.0803. The number of thiazole rings is 1. The normalized spacial score (nSPS) is 28.3. The zero-order chi connectivity index (χ0) is 14.9. The topological polar surface area (TPSA) is 34.2 Å². The maximum absolute atomic E-state index is 5.65. The molecule has 3 rings (SSSR count). The van der Waals surface area contributed by atoms with Crippen LogP contribution in [0, 0.1) is 5.41 Å². The summed E-state index contributed by atoms with van der Waals surface area (Å²) in [7, 11) is 0. The first kappa shape index (κ1) is 15.4. The Hall–Kier alpha value is -0.450. The number of hydrogen-bond acceptors (Lipinski definition) is 4. The molecule has 2 heterocycles. The summed E-state index contributed by atoms with van der Waals surface area (Å²) in [6, 6.07) is 0.499. The fourth-order valence-electron chi connectivity index (χ4n) is 3.55. The van der Waals surface area contributed by atoms with Crippen LogP contribution < -0.4 is 5.32 Å². The van der Waals surface area contributed by atoms with Gasteiger partial charge in [0.15, 0.2) is 0 Å². The van der Waals surface area contributed by atoms with Crippen LogP contribution in [0.2, 0.25) is 0 Å². The highest BCUT2D eigenvalue weighted by molar-refractivity contribution is 7.12. The second-order valence-corrected chi connectivity index (χ2v) is 8.39. The van der Waals surface area contributed by atoms with E-state index >= 15 is 0 Å². The second-order valence-electron chi connectivity index (χ2n) is 7.33. The molecule has 1 aliphatic carbocycles. The molecule has 1 aromatic rings. The lowest BCUT2D eigenvalue weighted by Crippen LogP contribution is -2.33.